The Kier molecular flexibility index (Phi) is 2.97. The van der Waals surface area contributed by atoms with Crippen LogP contribution in [0.3, 0.4) is 0 Å². The lowest BCUT2D eigenvalue weighted by molar-refractivity contribution is 0.586. The molecule has 0 spiro atoms. The molecule has 0 aliphatic carbocycles. The second-order valence-corrected chi connectivity index (χ2v) is 3.82. The van der Waals surface area contributed by atoms with Gasteiger partial charge in [-0.15, -0.1) is 0 Å². The Morgan fingerprint density at radius 1 is 1.64 bits per heavy atom. The van der Waals surface area contributed by atoms with E-state index in [-0.39, 0.29) is 0 Å². The highest BCUT2D eigenvalue weighted by Gasteiger charge is 2.10. The van der Waals surface area contributed by atoms with Gasteiger partial charge >= 0.3 is 0 Å². The van der Waals surface area contributed by atoms with E-state index < -0.39 is 5.54 Å². The monoisotopic (exact) mass is 191 g/mol. The maximum absolute atomic E-state index is 5.92. The van der Waals surface area contributed by atoms with Crippen LogP contribution in [0.25, 0.3) is 0 Å². The third kappa shape index (κ3) is 2.61. The Labute approximate surface area is 85.3 Å². The van der Waals surface area contributed by atoms with Gasteiger partial charge in [-0.1, -0.05) is 18.8 Å². The number of aromatic nitrogens is 2. The highest BCUT2D eigenvalue weighted by atomic mass is 15.2. The van der Waals surface area contributed by atoms with E-state index in [1.165, 1.54) is 0 Å². The fraction of sp³-hybridized carbons (Fsp3) is 0.545. The number of nitrogens with two attached hydrogens (primary N) is 1. The third-order valence-corrected chi connectivity index (χ3v) is 2.23. The zero-order valence-electron chi connectivity index (χ0n) is 9.26. The van der Waals surface area contributed by atoms with Crippen molar-refractivity contribution < 1.29 is 0 Å². The van der Waals surface area contributed by atoms with Crippen molar-refractivity contribution in [2.24, 2.45) is 12.8 Å². The van der Waals surface area contributed by atoms with E-state index in [1.54, 1.807) is 4.68 Å². The van der Waals surface area contributed by atoms with Crippen molar-refractivity contribution in [3.8, 4) is 11.8 Å². The van der Waals surface area contributed by atoms with Crippen molar-refractivity contribution in [2.75, 3.05) is 0 Å². The lowest BCUT2D eigenvalue weighted by Crippen LogP contribution is -2.32. The van der Waals surface area contributed by atoms with Crippen LogP contribution in [0.4, 0.5) is 0 Å². The Hall–Kier alpha value is -1.27. The molecule has 76 valence electrons. The maximum atomic E-state index is 5.92. The van der Waals surface area contributed by atoms with E-state index >= 15 is 0 Å². The smallest absolute Gasteiger partial charge is 0.0750 e. The molecule has 1 unspecified atom stereocenters. The molecular weight excluding hydrogens is 174 g/mol. The van der Waals surface area contributed by atoms with Crippen LogP contribution in [-0.4, -0.2) is 15.3 Å². The first-order valence-corrected chi connectivity index (χ1v) is 4.77. The minimum Gasteiger partial charge on any atom is -0.315 e. The molecule has 1 aromatic heterocycles. The molecule has 3 nitrogen and oxygen atoms in total. The summed E-state index contributed by atoms with van der Waals surface area (Å²) in [4.78, 5) is 0. The largest absolute Gasteiger partial charge is 0.315 e. The molecule has 0 aliphatic heterocycles. The molecule has 0 radical (unpaired) electrons. The van der Waals surface area contributed by atoms with Gasteiger partial charge in [-0.2, -0.15) is 5.10 Å². The molecule has 1 atom stereocenters. The first-order chi connectivity index (χ1) is 6.44. The normalized spacial score (nSPS) is 14.4. The van der Waals surface area contributed by atoms with Crippen molar-refractivity contribution >= 4 is 0 Å². The third-order valence-electron chi connectivity index (χ3n) is 2.23. The van der Waals surface area contributed by atoms with Crippen LogP contribution in [-0.2, 0) is 7.05 Å². The highest BCUT2D eigenvalue weighted by molar-refractivity contribution is 5.37. The van der Waals surface area contributed by atoms with Gasteiger partial charge in [-0.05, 0) is 20.3 Å². The van der Waals surface area contributed by atoms with Gasteiger partial charge in [-0.25, -0.2) is 0 Å². The molecule has 1 aromatic rings. The molecule has 1 heterocycles. The van der Waals surface area contributed by atoms with Crippen molar-refractivity contribution in [3.63, 3.8) is 0 Å². The van der Waals surface area contributed by atoms with Gasteiger partial charge in [0.15, 0.2) is 0 Å². The second kappa shape index (κ2) is 3.85. The Balaban J connectivity index is 2.93. The topological polar surface area (TPSA) is 43.8 Å². The van der Waals surface area contributed by atoms with Gasteiger partial charge in [0.25, 0.3) is 0 Å². The summed E-state index contributed by atoms with van der Waals surface area (Å²) in [5.41, 5.74) is 7.43. The van der Waals surface area contributed by atoms with E-state index in [2.05, 4.69) is 16.9 Å². The molecule has 0 fully saturated rings. The van der Waals surface area contributed by atoms with Gasteiger partial charge in [-0.3, -0.25) is 4.68 Å². The van der Waals surface area contributed by atoms with Crippen LogP contribution >= 0.6 is 0 Å². The molecule has 1 rings (SSSR count). The van der Waals surface area contributed by atoms with Gasteiger partial charge in [0.1, 0.15) is 0 Å². The van der Waals surface area contributed by atoms with Crippen LogP contribution in [0.5, 0.6) is 0 Å². The first-order valence-electron chi connectivity index (χ1n) is 4.77. The van der Waals surface area contributed by atoms with Crippen molar-refractivity contribution in [3.05, 3.63) is 17.5 Å². The molecule has 2 N–H and O–H groups in total. The highest BCUT2D eigenvalue weighted by Crippen LogP contribution is 2.05. The molecule has 0 aliphatic rings. The number of aryl methyl sites for hydroxylation is 2. The first kappa shape index (κ1) is 10.8. The van der Waals surface area contributed by atoms with Crippen molar-refractivity contribution in [2.45, 2.75) is 32.7 Å². The summed E-state index contributed by atoms with van der Waals surface area (Å²) in [6, 6.07) is 0. The SMILES string of the molecule is CCC(C)(N)C#Cc1cn(C)nc1C. The molecule has 0 aromatic carbocycles. The summed E-state index contributed by atoms with van der Waals surface area (Å²) >= 11 is 0. The molecule has 14 heavy (non-hydrogen) atoms. The van der Waals surface area contributed by atoms with Crippen LogP contribution in [0, 0.1) is 18.8 Å². The predicted molar refractivity (Wildman–Crippen MR) is 57.7 cm³/mol. The number of hydrogen-bond acceptors (Lipinski definition) is 2. The van der Waals surface area contributed by atoms with E-state index in [1.807, 2.05) is 34.0 Å². The standard InChI is InChI=1S/C11H17N3/c1-5-11(3,12)7-6-10-8-14(4)13-9(10)2/h8H,5,12H2,1-4H3. The van der Waals surface area contributed by atoms with E-state index in [0.717, 1.165) is 17.7 Å². The maximum Gasteiger partial charge on any atom is 0.0750 e. The minimum atomic E-state index is -0.401. The average Bonchev–Trinajstić information content (AvgIpc) is 2.42. The summed E-state index contributed by atoms with van der Waals surface area (Å²) in [6.45, 7) is 5.92. The zero-order valence-corrected chi connectivity index (χ0v) is 9.26. The van der Waals surface area contributed by atoms with Gasteiger partial charge in [0, 0.05) is 13.2 Å². The van der Waals surface area contributed by atoms with Crippen LogP contribution in [0.15, 0.2) is 6.20 Å². The Morgan fingerprint density at radius 2 is 2.29 bits per heavy atom. The predicted octanol–water partition coefficient (Wildman–Crippen LogP) is 1.21. The van der Waals surface area contributed by atoms with Crippen LogP contribution < -0.4 is 5.73 Å². The lowest BCUT2D eigenvalue weighted by Gasteiger charge is -2.13. The molecule has 3 heteroatoms. The van der Waals surface area contributed by atoms with Gasteiger partial charge in [0.2, 0.25) is 0 Å². The Bertz CT molecular complexity index is 377. The van der Waals surface area contributed by atoms with E-state index in [0.29, 0.717) is 0 Å². The fourth-order valence-electron chi connectivity index (χ4n) is 1.02. The number of nitrogens with zero attached hydrogens (tertiary/aromatic N) is 2. The summed E-state index contributed by atoms with van der Waals surface area (Å²) in [5.74, 6) is 6.12. The van der Waals surface area contributed by atoms with Crippen molar-refractivity contribution in [1.29, 1.82) is 0 Å². The average molecular weight is 191 g/mol. The molecular formula is C11H17N3. The summed E-state index contributed by atoms with van der Waals surface area (Å²) < 4.78 is 1.76. The van der Waals surface area contributed by atoms with E-state index in [4.69, 9.17) is 5.73 Å². The fourth-order valence-corrected chi connectivity index (χ4v) is 1.02. The van der Waals surface area contributed by atoms with Gasteiger partial charge < -0.3 is 5.73 Å². The van der Waals surface area contributed by atoms with Crippen molar-refractivity contribution in [1.82, 2.24) is 9.78 Å². The Morgan fingerprint density at radius 3 is 2.71 bits per heavy atom. The zero-order chi connectivity index (χ0) is 10.8. The molecule has 0 amide bonds. The summed E-state index contributed by atoms with van der Waals surface area (Å²) in [7, 11) is 1.89. The second-order valence-electron chi connectivity index (χ2n) is 3.82. The van der Waals surface area contributed by atoms with Crippen LogP contribution in [0.1, 0.15) is 31.5 Å². The lowest BCUT2D eigenvalue weighted by atomic mass is 10.0. The number of rotatable bonds is 1. The van der Waals surface area contributed by atoms with Crippen LogP contribution in [0.2, 0.25) is 0 Å². The molecule has 0 bridgehead atoms. The summed E-state index contributed by atoms with van der Waals surface area (Å²) in [6.07, 6.45) is 2.76. The van der Waals surface area contributed by atoms with E-state index in [9.17, 15) is 0 Å². The van der Waals surface area contributed by atoms with Gasteiger partial charge in [0.05, 0.1) is 16.8 Å². The summed E-state index contributed by atoms with van der Waals surface area (Å²) in [5, 5.41) is 4.21. The quantitative estimate of drug-likeness (QED) is 0.678. The minimum absolute atomic E-state index is 0.401. The molecule has 0 saturated carbocycles. The molecule has 0 saturated heterocycles. The number of hydrogen-bond donors (Lipinski definition) is 1.